The minimum absolute atomic E-state index is 0.222. The molecule has 0 aromatic heterocycles. The SMILES string of the molecule is COC1CC(C(=O)Nc2ccc(-c3ccc(C(=O)O)cc3)cc2)N(C(=O)Nc2ccc(C(C)C)cc2)C1. The van der Waals surface area contributed by atoms with Crippen LogP contribution in [-0.4, -0.2) is 53.7 Å². The number of carboxylic acid groups (broad SMARTS) is 1. The second-order valence-corrected chi connectivity index (χ2v) is 9.42. The van der Waals surface area contributed by atoms with Gasteiger partial charge in [-0.05, 0) is 59.0 Å². The van der Waals surface area contributed by atoms with Gasteiger partial charge in [-0.3, -0.25) is 4.79 Å². The van der Waals surface area contributed by atoms with Crippen molar-refractivity contribution in [2.45, 2.75) is 38.3 Å². The molecule has 2 unspecified atom stereocenters. The van der Waals surface area contributed by atoms with Crippen LogP contribution in [0.15, 0.2) is 72.8 Å². The summed E-state index contributed by atoms with van der Waals surface area (Å²) in [4.78, 5) is 38.8. The molecule has 0 radical (unpaired) electrons. The number of methoxy groups -OCH3 is 1. The summed E-state index contributed by atoms with van der Waals surface area (Å²) < 4.78 is 5.46. The van der Waals surface area contributed by atoms with Crippen LogP contribution in [0.5, 0.6) is 0 Å². The smallest absolute Gasteiger partial charge is 0.335 e. The summed E-state index contributed by atoms with van der Waals surface area (Å²) in [6.45, 7) is 4.53. The minimum atomic E-state index is -0.973. The molecule has 192 valence electrons. The first-order valence-corrected chi connectivity index (χ1v) is 12.2. The van der Waals surface area contributed by atoms with Crippen molar-refractivity contribution in [1.82, 2.24) is 4.90 Å². The van der Waals surface area contributed by atoms with E-state index in [2.05, 4.69) is 24.5 Å². The fourth-order valence-electron chi connectivity index (χ4n) is 4.36. The molecule has 0 spiro atoms. The zero-order valence-electron chi connectivity index (χ0n) is 21.1. The van der Waals surface area contributed by atoms with E-state index in [9.17, 15) is 14.4 Å². The number of urea groups is 1. The number of aromatic carboxylic acids is 1. The van der Waals surface area contributed by atoms with Crippen LogP contribution < -0.4 is 10.6 Å². The average molecular weight is 502 g/mol. The maximum absolute atomic E-state index is 13.2. The van der Waals surface area contributed by atoms with E-state index in [0.29, 0.717) is 30.3 Å². The summed E-state index contributed by atoms with van der Waals surface area (Å²) in [5, 5.41) is 14.9. The topological polar surface area (TPSA) is 108 Å². The number of benzene rings is 3. The van der Waals surface area contributed by atoms with Crippen LogP contribution in [-0.2, 0) is 9.53 Å². The van der Waals surface area contributed by atoms with Crippen molar-refractivity contribution in [2.24, 2.45) is 0 Å². The quantitative estimate of drug-likeness (QED) is 0.400. The molecule has 8 heteroatoms. The van der Waals surface area contributed by atoms with Gasteiger partial charge in [-0.2, -0.15) is 0 Å². The third kappa shape index (κ3) is 6.16. The highest BCUT2D eigenvalue weighted by atomic mass is 16.5. The van der Waals surface area contributed by atoms with Gasteiger partial charge in [0, 0.05) is 31.5 Å². The zero-order valence-corrected chi connectivity index (χ0v) is 21.1. The number of nitrogens with one attached hydrogen (secondary N) is 2. The second kappa shape index (κ2) is 11.3. The first kappa shape index (κ1) is 25.9. The van der Waals surface area contributed by atoms with Crippen LogP contribution in [0, 0.1) is 0 Å². The Hall–Kier alpha value is -4.17. The molecule has 3 aromatic carbocycles. The summed E-state index contributed by atoms with van der Waals surface area (Å²) in [6, 6.07) is 20.5. The van der Waals surface area contributed by atoms with Gasteiger partial charge in [-0.1, -0.05) is 50.2 Å². The van der Waals surface area contributed by atoms with E-state index in [0.717, 1.165) is 11.1 Å². The number of ether oxygens (including phenoxy) is 1. The van der Waals surface area contributed by atoms with E-state index in [4.69, 9.17) is 9.84 Å². The van der Waals surface area contributed by atoms with Gasteiger partial charge in [0.1, 0.15) is 6.04 Å². The molecule has 3 amide bonds. The highest BCUT2D eigenvalue weighted by Gasteiger charge is 2.40. The van der Waals surface area contributed by atoms with E-state index >= 15 is 0 Å². The first-order chi connectivity index (χ1) is 17.7. The Morgan fingerprint density at radius 3 is 1.95 bits per heavy atom. The molecule has 2 atom stereocenters. The fraction of sp³-hybridized carbons (Fsp3) is 0.276. The van der Waals surface area contributed by atoms with E-state index in [1.165, 1.54) is 10.5 Å². The highest BCUT2D eigenvalue weighted by molar-refractivity contribution is 6.00. The molecule has 37 heavy (non-hydrogen) atoms. The molecule has 1 aliphatic rings. The minimum Gasteiger partial charge on any atom is -0.478 e. The number of hydrogen-bond donors (Lipinski definition) is 3. The van der Waals surface area contributed by atoms with E-state index < -0.39 is 12.0 Å². The monoisotopic (exact) mass is 501 g/mol. The lowest BCUT2D eigenvalue weighted by Crippen LogP contribution is -2.45. The number of amides is 3. The average Bonchev–Trinajstić information content (AvgIpc) is 3.35. The molecule has 4 rings (SSSR count). The van der Waals surface area contributed by atoms with Crippen molar-refractivity contribution in [3.8, 4) is 11.1 Å². The fourth-order valence-corrected chi connectivity index (χ4v) is 4.36. The molecule has 3 N–H and O–H groups in total. The Bertz CT molecular complexity index is 1250. The normalized spacial score (nSPS) is 17.0. The van der Waals surface area contributed by atoms with Crippen LogP contribution in [0.3, 0.4) is 0 Å². The number of likely N-dealkylation sites (tertiary alicyclic amines) is 1. The highest BCUT2D eigenvalue weighted by Crippen LogP contribution is 2.26. The Morgan fingerprint density at radius 2 is 1.41 bits per heavy atom. The summed E-state index contributed by atoms with van der Waals surface area (Å²) in [5.41, 5.74) is 4.42. The summed E-state index contributed by atoms with van der Waals surface area (Å²) in [5.74, 6) is -0.868. The van der Waals surface area contributed by atoms with Gasteiger partial charge in [-0.25, -0.2) is 9.59 Å². The largest absolute Gasteiger partial charge is 0.478 e. The predicted octanol–water partition coefficient (Wildman–Crippen LogP) is 5.44. The van der Waals surface area contributed by atoms with Crippen LogP contribution in [0.4, 0.5) is 16.2 Å². The maximum atomic E-state index is 13.2. The molecule has 3 aromatic rings. The van der Waals surface area contributed by atoms with E-state index in [1.807, 2.05) is 36.4 Å². The van der Waals surface area contributed by atoms with E-state index in [-0.39, 0.29) is 23.6 Å². The van der Waals surface area contributed by atoms with Crippen LogP contribution in [0.1, 0.15) is 42.1 Å². The van der Waals surface area contributed by atoms with Gasteiger partial charge >= 0.3 is 12.0 Å². The Labute approximate surface area is 216 Å². The Balaban J connectivity index is 1.42. The van der Waals surface area contributed by atoms with Crippen LogP contribution >= 0.6 is 0 Å². The molecule has 0 bridgehead atoms. The van der Waals surface area contributed by atoms with Gasteiger partial charge in [0.25, 0.3) is 0 Å². The number of nitrogens with zero attached hydrogens (tertiary/aromatic N) is 1. The summed E-state index contributed by atoms with van der Waals surface area (Å²) in [7, 11) is 1.58. The van der Waals surface area contributed by atoms with E-state index in [1.54, 1.807) is 43.5 Å². The molecule has 8 nitrogen and oxygen atoms in total. The van der Waals surface area contributed by atoms with Gasteiger partial charge in [0.2, 0.25) is 5.91 Å². The molecule has 0 aliphatic carbocycles. The van der Waals surface area contributed by atoms with Crippen molar-refractivity contribution >= 4 is 29.3 Å². The van der Waals surface area contributed by atoms with Crippen molar-refractivity contribution in [2.75, 3.05) is 24.3 Å². The standard InChI is InChI=1S/C29H31N3O5/c1-18(2)19-8-12-24(13-9-19)31-29(36)32-17-25(37-3)16-26(32)27(33)30-23-14-10-21(11-15-23)20-4-6-22(7-5-20)28(34)35/h4-15,18,25-26H,16-17H2,1-3H3,(H,30,33)(H,31,36)(H,34,35). The lowest BCUT2D eigenvalue weighted by molar-refractivity contribution is -0.119. The second-order valence-electron chi connectivity index (χ2n) is 9.42. The number of carbonyl (C=O) groups excluding carboxylic acids is 2. The number of carboxylic acids is 1. The number of carbonyl (C=O) groups is 3. The van der Waals surface area contributed by atoms with Crippen molar-refractivity contribution in [3.63, 3.8) is 0 Å². The molecule has 1 saturated heterocycles. The van der Waals surface area contributed by atoms with Gasteiger partial charge < -0.3 is 25.4 Å². The maximum Gasteiger partial charge on any atom is 0.335 e. The summed E-state index contributed by atoms with van der Waals surface area (Å²) in [6.07, 6.45) is 0.164. The molecule has 1 fully saturated rings. The molecule has 0 saturated carbocycles. The van der Waals surface area contributed by atoms with Gasteiger partial charge in [0.05, 0.1) is 11.7 Å². The van der Waals surface area contributed by atoms with Gasteiger partial charge in [-0.15, -0.1) is 0 Å². The molecular formula is C29H31N3O5. The molecule has 1 aliphatic heterocycles. The molecule has 1 heterocycles. The number of hydrogen-bond acceptors (Lipinski definition) is 4. The molecular weight excluding hydrogens is 470 g/mol. The number of anilines is 2. The summed E-state index contributed by atoms with van der Waals surface area (Å²) >= 11 is 0. The Morgan fingerprint density at radius 1 is 0.865 bits per heavy atom. The van der Waals surface area contributed by atoms with Crippen LogP contribution in [0.25, 0.3) is 11.1 Å². The van der Waals surface area contributed by atoms with Crippen LogP contribution in [0.2, 0.25) is 0 Å². The lowest BCUT2D eigenvalue weighted by atomic mass is 10.0. The third-order valence-corrected chi connectivity index (χ3v) is 6.61. The van der Waals surface area contributed by atoms with Gasteiger partial charge in [0.15, 0.2) is 0 Å². The zero-order chi connectivity index (χ0) is 26.5. The third-order valence-electron chi connectivity index (χ3n) is 6.61. The number of rotatable bonds is 7. The van der Waals surface area contributed by atoms with Crippen molar-refractivity contribution in [1.29, 1.82) is 0 Å². The first-order valence-electron chi connectivity index (χ1n) is 12.2. The predicted molar refractivity (Wildman–Crippen MR) is 143 cm³/mol. The lowest BCUT2D eigenvalue weighted by Gasteiger charge is -2.24. The Kier molecular flexibility index (Phi) is 7.89. The van der Waals surface area contributed by atoms with Crippen molar-refractivity contribution < 1.29 is 24.2 Å². The van der Waals surface area contributed by atoms with Crippen molar-refractivity contribution in [3.05, 3.63) is 83.9 Å².